The fourth-order valence-corrected chi connectivity index (χ4v) is 1.35. The van der Waals surface area contributed by atoms with Crippen molar-refractivity contribution in [3.05, 3.63) is 18.2 Å². The Labute approximate surface area is 96.6 Å². The van der Waals surface area contributed by atoms with Crippen molar-refractivity contribution in [2.45, 2.75) is 39.7 Å². The minimum absolute atomic E-state index is 0.166. The number of ether oxygens (including phenoxy) is 1. The van der Waals surface area contributed by atoms with E-state index in [4.69, 9.17) is 4.74 Å². The van der Waals surface area contributed by atoms with Gasteiger partial charge in [-0.25, -0.2) is 4.98 Å². The summed E-state index contributed by atoms with van der Waals surface area (Å²) in [6, 6.07) is 0. The molecule has 0 aliphatic rings. The van der Waals surface area contributed by atoms with Crippen LogP contribution in [0.2, 0.25) is 0 Å². The first-order valence-corrected chi connectivity index (χ1v) is 5.48. The summed E-state index contributed by atoms with van der Waals surface area (Å²) in [6.45, 7) is 7.48. The number of esters is 1. The van der Waals surface area contributed by atoms with E-state index in [0.717, 1.165) is 5.82 Å². The van der Waals surface area contributed by atoms with Gasteiger partial charge < -0.3 is 9.30 Å². The zero-order valence-electron chi connectivity index (χ0n) is 10.7. The van der Waals surface area contributed by atoms with Crippen molar-refractivity contribution in [2.24, 2.45) is 13.0 Å². The number of aryl methyl sites for hydroxylation is 1. The van der Waals surface area contributed by atoms with E-state index < -0.39 is 5.60 Å². The number of nitrogens with zero attached hydrogens (tertiary/aromatic N) is 2. The molecule has 16 heavy (non-hydrogen) atoms. The molecule has 4 nitrogen and oxygen atoms in total. The second-order valence-electron chi connectivity index (χ2n) is 5.09. The third-order valence-electron chi connectivity index (χ3n) is 2.22. The average molecular weight is 224 g/mol. The van der Waals surface area contributed by atoms with Crippen LogP contribution >= 0.6 is 0 Å². The number of hydrogen-bond acceptors (Lipinski definition) is 3. The highest BCUT2D eigenvalue weighted by atomic mass is 16.6. The maximum atomic E-state index is 11.7. The van der Waals surface area contributed by atoms with E-state index in [2.05, 4.69) is 4.98 Å². The van der Waals surface area contributed by atoms with Crippen LogP contribution in [0.15, 0.2) is 12.4 Å². The van der Waals surface area contributed by atoms with Crippen molar-refractivity contribution in [1.29, 1.82) is 0 Å². The Morgan fingerprint density at radius 3 is 2.62 bits per heavy atom. The largest absolute Gasteiger partial charge is 0.460 e. The third kappa shape index (κ3) is 3.68. The molecule has 0 spiro atoms. The van der Waals surface area contributed by atoms with E-state index in [1.807, 2.05) is 45.5 Å². The van der Waals surface area contributed by atoms with E-state index in [1.54, 1.807) is 6.20 Å². The van der Waals surface area contributed by atoms with Crippen LogP contribution < -0.4 is 0 Å². The van der Waals surface area contributed by atoms with Crippen LogP contribution in [0, 0.1) is 5.92 Å². The molecule has 4 heteroatoms. The molecule has 0 saturated heterocycles. The van der Waals surface area contributed by atoms with Crippen LogP contribution in [0.1, 0.15) is 33.5 Å². The Kier molecular flexibility index (Phi) is 3.73. The SMILES string of the molecule is CC(Cc1nccn1C)C(=O)OC(C)(C)C. The van der Waals surface area contributed by atoms with Gasteiger partial charge in [-0.15, -0.1) is 0 Å². The number of carbonyl (C=O) groups is 1. The monoisotopic (exact) mass is 224 g/mol. The van der Waals surface area contributed by atoms with Crippen molar-refractivity contribution in [3.8, 4) is 0 Å². The first-order chi connectivity index (χ1) is 7.29. The zero-order valence-corrected chi connectivity index (χ0v) is 10.7. The molecule has 1 aromatic heterocycles. The first kappa shape index (κ1) is 12.7. The van der Waals surface area contributed by atoms with Gasteiger partial charge >= 0.3 is 5.97 Å². The lowest BCUT2D eigenvalue weighted by molar-refractivity contribution is -0.159. The Bertz CT molecular complexity index is 363. The third-order valence-corrected chi connectivity index (χ3v) is 2.22. The molecule has 1 heterocycles. The van der Waals surface area contributed by atoms with Crippen molar-refractivity contribution in [3.63, 3.8) is 0 Å². The Balaban J connectivity index is 2.56. The Morgan fingerprint density at radius 2 is 2.19 bits per heavy atom. The highest BCUT2D eigenvalue weighted by Gasteiger charge is 2.22. The predicted molar refractivity (Wildman–Crippen MR) is 61.9 cm³/mol. The zero-order chi connectivity index (χ0) is 12.3. The summed E-state index contributed by atoms with van der Waals surface area (Å²) in [5.41, 5.74) is -0.424. The molecule has 0 bridgehead atoms. The van der Waals surface area contributed by atoms with Crippen LogP contribution in [0.4, 0.5) is 0 Å². The fourth-order valence-electron chi connectivity index (χ4n) is 1.35. The second kappa shape index (κ2) is 4.68. The molecule has 0 radical (unpaired) electrons. The molecule has 90 valence electrons. The predicted octanol–water partition coefficient (Wildman–Crippen LogP) is 1.94. The summed E-state index contributed by atoms with van der Waals surface area (Å²) >= 11 is 0. The minimum atomic E-state index is -0.424. The minimum Gasteiger partial charge on any atom is -0.460 e. The van der Waals surface area contributed by atoms with E-state index >= 15 is 0 Å². The van der Waals surface area contributed by atoms with Crippen molar-refractivity contribution >= 4 is 5.97 Å². The summed E-state index contributed by atoms with van der Waals surface area (Å²) in [5.74, 6) is 0.564. The van der Waals surface area contributed by atoms with Gasteiger partial charge in [0.2, 0.25) is 0 Å². The normalized spacial score (nSPS) is 13.6. The average Bonchev–Trinajstić information content (AvgIpc) is 2.49. The number of hydrogen-bond donors (Lipinski definition) is 0. The van der Waals surface area contributed by atoms with Crippen molar-refractivity contribution in [1.82, 2.24) is 9.55 Å². The maximum Gasteiger partial charge on any atom is 0.309 e. The van der Waals surface area contributed by atoms with E-state index in [9.17, 15) is 4.79 Å². The first-order valence-electron chi connectivity index (χ1n) is 5.48. The van der Waals surface area contributed by atoms with E-state index in [-0.39, 0.29) is 11.9 Å². The van der Waals surface area contributed by atoms with Crippen LogP contribution in [-0.2, 0) is 23.0 Å². The lowest BCUT2D eigenvalue weighted by atomic mass is 10.1. The van der Waals surface area contributed by atoms with Gasteiger partial charge in [-0.05, 0) is 20.8 Å². The van der Waals surface area contributed by atoms with Crippen LogP contribution in [-0.4, -0.2) is 21.1 Å². The number of aromatic nitrogens is 2. The summed E-state index contributed by atoms with van der Waals surface area (Å²) in [7, 11) is 1.92. The van der Waals surface area contributed by atoms with Gasteiger partial charge in [-0.2, -0.15) is 0 Å². The molecule has 0 aliphatic heterocycles. The smallest absolute Gasteiger partial charge is 0.309 e. The maximum absolute atomic E-state index is 11.7. The lowest BCUT2D eigenvalue weighted by Gasteiger charge is -2.22. The molecule has 0 N–H and O–H groups in total. The fraction of sp³-hybridized carbons (Fsp3) is 0.667. The van der Waals surface area contributed by atoms with Crippen LogP contribution in [0.5, 0.6) is 0 Å². The molecule has 1 aromatic rings. The Hall–Kier alpha value is -1.32. The van der Waals surface area contributed by atoms with Crippen LogP contribution in [0.3, 0.4) is 0 Å². The molecule has 1 rings (SSSR count). The van der Waals surface area contributed by atoms with Gasteiger partial charge in [0.25, 0.3) is 0 Å². The molecule has 0 aromatic carbocycles. The molecule has 0 aliphatic carbocycles. The standard InChI is InChI=1S/C12H20N2O2/c1-9(11(15)16-12(2,3)4)8-10-13-6-7-14(10)5/h6-7,9H,8H2,1-5H3. The van der Waals surface area contributed by atoms with Gasteiger partial charge in [0, 0.05) is 25.9 Å². The van der Waals surface area contributed by atoms with Gasteiger partial charge in [-0.3, -0.25) is 4.79 Å². The molecule has 1 atom stereocenters. The number of carbonyl (C=O) groups excluding carboxylic acids is 1. The topological polar surface area (TPSA) is 44.1 Å². The summed E-state index contributed by atoms with van der Waals surface area (Å²) in [4.78, 5) is 15.9. The molecule has 0 saturated carbocycles. The number of rotatable bonds is 3. The number of imidazole rings is 1. The van der Waals surface area contributed by atoms with Crippen molar-refractivity contribution in [2.75, 3.05) is 0 Å². The van der Waals surface area contributed by atoms with Crippen molar-refractivity contribution < 1.29 is 9.53 Å². The summed E-state index contributed by atoms with van der Waals surface area (Å²) < 4.78 is 7.23. The van der Waals surface area contributed by atoms with E-state index in [0.29, 0.717) is 6.42 Å². The highest BCUT2D eigenvalue weighted by molar-refractivity contribution is 5.72. The van der Waals surface area contributed by atoms with Crippen LogP contribution in [0.25, 0.3) is 0 Å². The summed E-state index contributed by atoms with van der Waals surface area (Å²) in [6.07, 6.45) is 4.21. The van der Waals surface area contributed by atoms with Gasteiger partial charge in [0.05, 0.1) is 5.92 Å². The molecular formula is C12H20N2O2. The quantitative estimate of drug-likeness (QED) is 0.737. The molecule has 0 fully saturated rings. The van der Waals surface area contributed by atoms with E-state index in [1.165, 1.54) is 0 Å². The Morgan fingerprint density at radius 1 is 1.56 bits per heavy atom. The molecule has 0 amide bonds. The molecule has 1 unspecified atom stereocenters. The van der Waals surface area contributed by atoms with Gasteiger partial charge in [0.1, 0.15) is 11.4 Å². The lowest BCUT2D eigenvalue weighted by Crippen LogP contribution is -2.28. The summed E-state index contributed by atoms with van der Waals surface area (Å²) in [5, 5.41) is 0. The van der Waals surface area contributed by atoms with Gasteiger partial charge in [-0.1, -0.05) is 6.92 Å². The second-order valence-corrected chi connectivity index (χ2v) is 5.09. The van der Waals surface area contributed by atoms with Gasteiger partial charge in [0.15, 0.2) is 0 Å². The highest BCUT2D eigenvalue weighted by Crippen LogP contribution is 2.14. The molecular weight excluding hydrogens is 204 g/mol.